The number of fused-ring (bicyclic) bond motifs is 1. The van der Waals surface area contributed by atoms with Crippen molar-refractivity contribution in [2.24, 2.45) is 0 Å². The van der Waals surface area contributed by atoms with Gasteiger partial charge in [-0.1, -0.05) is 24.8 Å². The molecule has 0 bridgehead atoms. The van der Waals surface area contributed by atoms with E-state index in [4.69, 9.17) is 4.65 Å². The van der Waals surface area contributed by atoms with E-state index in [-0.39, 0.29) is 5.57 Å². The Morgan fingerprint density at radius 2 is 1.86 bits per heavy atom. The van der Waals surface area contributed by atoms with Crippen LogP contribution < -0.4 is 10.8 Å². The molecule has 1 amide bonds. The van der Waals surface area contributed by atoms with Crippen LogP contribution in [0.4, 0.5) is 27.6 Å². The maximum atomic E-state index is 12.5. The van der Waals surface area contributed by atoms with E-state index < -0.39 is 24.8 Å². The van der Waals surface area contributed by atoms with Crippen LogP contribution in [0.5, 0.6) is 0 Å². The molecule has 1 aromatic rings. The summed E-state index contributed by atoms with van der Waals surface area (Å²) in [5, 5.41) is 12.4. The first-order valence-corrected chi connectivity index (χ1v) is 8.30. The molecule has 1 heterocycles. The molecule has 0 spiro atoms. The molecule has 0 fully saturated rings. The third kappa shape index (κ3) is 8.20. The summed E-state index contributed by atoms with van der Waals surface area (Å²) >= 11 is 0. The number of allylic oxidation sites excluding steroid dienone is 3. The largest absolute Gasteiger partial charge is 0.491 e. The first-order chi connectivity index (χ1) is 13.7. The zero-order valence-corrected chi connectivity index (χ0v) is 16.3. The zero-order chi connectivity index (χ0) is 22.6. The van der Waals surface area contributed by atoms with Gasteiger partial charge in [0.05, 0.1) is 14.4 Å². The fourth-order valence-corrected chi connectivity index (χ4v) is 2.25. The predicted octanol–water partition coefficient (Wildman–Crippen LogP) is 3.68. The van der Waals surface area contributed by atoms with Gasteiger partial charge in [0.15, 0.2) is 0 Å². The molecule has 0 aliphatic carbocycles. The lowest BCUT2D eigenvalue weighted by Crippen LogP contribution is -2.41. The molecule has 0 saturated carbocycles. The lowest BCUT2D eigenvalue weighted by Gasteiger charge is -2.19. The summed E-state index contributed by atoms with van der Waals surface area (Å²) in [5.74, 6) is -0.604. The van der Waals surface area contributed by atoms with E-state index in [1.54, 1.807) is 18.2 Å². The highest BCUT2D eigenvalue weighted by Gasteiger charge is 2.29. The number of benzene rings is 1. The monoisotopic (exact) mass is 419 g/mol. The predicted molar refractivity (Wildman–Crippen MR) is 104 cm³/mol. The van der Waals surface area contributed by atoms with E-state index in [1.807, 2.05) is 0 Å². The topological polar surface area (TPSA) is 58.6 Å². The fraction of sp³-hybridized carbons (Fsp3) is 0.316. The van der Waals surface area contributed by atoms with Crippen molar-refractivity contribution in [3.8, 4) is 0 Å². The number of alkyl halides is 5. The first kappa shape index (κ1) is 26.5. The second-order valence-electron chi connectivity index (χ2n) is 5.51. The molecule has 0 saturated heterocycles. The molecule has 29 heavy (non-hydrogen) atoms. The molecular formula is C19H23BF5NO3. The minimum Gasteiger partial charge on any atom is -0.423 e. The van der Waals surface area contributed by atoms with Crippen molar-refractivity contribution >= 4 is 24.2 Å². The number of carbonyl (C=O) groups excluding carboxylic acids is 1. The van der Waals surface area contributed by atoms with Crippen molar-refractivity contribution in [2.45, 2.75) is 19.5 Å². The fourth-order valence-electron chi connectivity index (χ4n) is 2.25. The molecule has 1 aromatic carbocycles. The van der Waals surface area contributed by atoms with Crippen LogP contribution in [-0.2, 0) is 15.9 Å². The van der Waals surface area contributed by atoms with Crippen LogP contribution >= 0.6 is 0 Å². The Morgan fingerprint density at radius 3 is 2.41 bits per heavy atom. The van der Waals surface area contributed by atoms with E-state index in [9.17, 15) is 31.8 Å². The Morgan fingerprint density at radius 1 is 1.24 bits per heavy atom. The Bertz CT molecular complexity index is 748. The van der Waals surface area contributed by atoms with E-state index >= 15 is 0 Å². The third-order valence-electron chi connectivity index (χ3n) is 3.76. The Hall–Kier alpha value is -2.46. The molecule has 1 aliphatic rings. The van der Waals surface area contributed by atoms with Gasteiger partial charge in [0.2, 0.25) is 0 Å². The van der Waals surface area contributed by atoms with Crippen LogP contribution in [0.25, 0.3) is 0 Å². The summed E-state index contributed by atoms with van der Waals surface area (Å²) in [6, 6.07) is 5.00. The standard InChI is InChI=1S/C17H17BF3NO3.2CH3F/c1-3-12(5-4-11(2)17(19,20)21)16(23)22-14-7-6-13-8-9-25-18(24)15(13)10-14;2*1-2/h3-7,10,24H,1,8-9H2,2H3,(H,22,23);2*1H3/b11-4+,12-5+;;. The van der Waals surface area contributed by atoms with E-state index in [2.05, 4.69) is 11.9 Å². The first-order valence-electron chi connectivity index (χ1n) is 8.30. The van der Waals surface area contributed by atoms with Crippen LogP contribution in [0.1, 0.15) is 12.5 Å². The quantitative estimate of drug-likeness (QED) is 0.339. The van der Waals surface area contributed by atoms with Gasteiger partial charge in [-0.25, -0.2) is 0 Å². The average molecular weight is 419 g/mol. The Balaban J connectivity index is 0.00000184. The molecule has 0 atom stereocenters. The molecule has 0 aromatic heterocycles. The zero-order valence-electron chi connectivity index (χ0n) is 16.3. The van der Waals surface area contributed by atoms with Crippen molar-refractivity contribution in [1.29, 1.82) is 0 Å². The molecule has 0 radical (unpaired) electrons. The number of rotatable bonds is 4. The number of hydrogen-bond donors (Lipinski definition) is 2. The maximum absolute atomic E-state index is 12.5. The van der Waals surface area contributed by atoms with Crippen molar-refractivity contribution < 1.29 is 36.4 Å². The van der Waals surface area contributed by atoms with Gasteiger partial charge < -0.3 is 15.0 Å². The summed E-state index contributed by atoms with van der Waals surface area (Å²) in [5.41, 5.74) is 1.03. The van der Waals surface area contributed by atoms with Gasteiger partial charge in [0.25, 0.3) is 5.91 Å². The van der Waals surface area contributed by atoms with Gasteiger partial charge in [-0.15, -0.1) is 0 Å². The number of hydrogen-bond acceptors (Lipinski definition) is 3. The van der Waals surface area contributed by atoms with Crippen LogP contribution in [0.3, 0.4) is 0 Å². The summed E-state index contributed by atoms with van der Waals surface area (Å²) in [6.45, 7) is 4.77. The molecule has 2 rings (SSSR count). The maximum Gasteiger partial charge on any atom is 0.491 e. The van der Waals surface area contributed by atoms with Gasteiger partial charge in [0, 0.05) is 23.4 Å². The lowest BCUT2D eigenvalue weighted by atomic mass is 9.73. The minimum atomic E-state index is -4.45. The van der Waals surface area contributed by atoms with Gasteiger partial charge in [-0.3, -0.25) is 13.6 Å². The Kier molecular flexibility index (Phi) is 11.8. The van der Waals surface area contributed by atoms with Crippen LogP contribution in [0, 0.1) is 0 Å². The summed E-state index contributed by atoms with van der Waals surface area (Å²) < 4.78 is 61.6. The smallest absolute Gasteiger partial charge is 0.423 e. The number of halogens is 5. The molecular weight excluding hydrogens is 396 g/mol. The van der Waals surface area contributed by atoms with Gasteiger partial charge in [-0.2, -0.15) is 13.2 Å². The third-order valence-corrected chi connectivity index (χ3v) is 3.76. The SMILES string of the molecule is C=C/C(=C\C=C(/C)C(F)(F)F)C(=O)Nc1ccc2c(c1)B(O)OCC2.CF.CF. The van der Waals surface area contributed by atoms with Gasteiger partial charge in [0.1, 0.15) is 0 Å². The number of nitrogens with one attached hydrogen (secondary N) is 1. The summed E-state index contributed by atoms with van der Waals surface area (Å²) in [6.07, 6.45) is -0.748. The number of anilines is 1. The highest BCUT2D eigenvalue weighted by molar-refractivity contribution is 6.61. The van der Waals surface area contributed by atoms with E-state index in [0.29, 0.717) is 38.5 Å². The molecule has 10 heteroatoms. The normalized spacial score (nSPS) is 13.9. The van der Waals surface area contributed by atoms with Crippen LogP contribution in [0.15, 0.2) is 54.2 Å². The van der Waals surface area contributed by atoms with Crippen molar-refractivity contribution in [1.82, 2.24) is 0 Å². The second-order valence-corrected chi connectivity index (χ2v) is 5.51. The molecule has 2 N–H and O–H groups in total. The van der Waals surface area contributed by atoms with Crippen LogP contribution in [-0.4, -0.2) is 45.2 Å². The van der Waals surface area contributed by atoms with Crippen molar-refractivity contribution in [3.05, 3.63) is 59.7 Å². The van der Waals surface area contributed by atoms with Crippen molar-refractivity contribution in [2.75, 3.05) is 26.3 Å². The van der Waals surface area contributed by atoms with E-state index in [1.165, 1.54) is 6.08 Å². The van der Waals surface area contributed by atoms with E-state index in [0.717, 1.165) is 24.6 Å². The lowest BCUT2D eigenvalue weighted by molar-refractivity contribution is -0.112. The van der Waals surface area contributed by atoms with Gasteiger partial charge in [-0.05, 0) is 42.6 Å². The average Bonchev–Trinajstić information content (AvgIpc) is 2.71. The molecule has 1 aliphatic heterocycles. The Labute approximate surface area is 166 Å². The van der Waals surface area contributed by atoms with Crippen molar-refractivity contribution in [3.63, 3.8) is 0 Å². The molecule has 0 unspecified atom stereocenters. The summed E-state index contributed by atoms with van der Waals surface area (Å²) in [4.78, 5) is 12.2. The minimum absolute atomic E-state index is 0.0156. The second kappa shape index (κ2) is 12.9. The molecule has 4 nitrogen and oxygen atoms in total. The highest BCUT2D eigenvalue weighted by Crippen LogP contribution is 2.25. The molecule has 160 valence electrons. The van der Waals surface area contributed by atoms with Crippen LogP contribution in [0.2, 0.25) is 0 Å². The number of carbonyl (C=O) groups is 1. The highest BCUT2D eigenvalue weighted by atomic mass is 19.4. The number of amides is 1. The van der Waals surface area contributed by atoms with Gasteiger partial charge >= 0.3 is 13.3 Å². The summed E-state index contributed by atoms with van der Waals surface area (Å²) in [7, 11) is -0.0626.